The molecule has 1 N–H and O–H groups in total. The molecule has 2 heterocycles. The third kappa shape index (κ3) is 1.80. The zero-order valence-corrected chi connectivity index (χ0v) is 8.90. The molecule has 2 aliphatic heterocycles. The summed E-state index contributed by atoms with van der Waals surface area (Å²) in [4.78, 5) is 0. The Labute approximate surface area is 84.1 Å². The Bertz CT molecular complexity index is 214. The maximum Gasteiger partial charge on any atom is 0.163 e. The quantitative estimate of drug-likeness (QED) is 0.622. The second kappa shape index (κ2) is 3.45. The fourth-order valence-electron chi connectivity index (χ4n) is 1.95. The Morgan fingerprint density at radius 1 is 1.29 bits per heavy atom. The molecule has 4 atom stereocenters. The molecule has 0 amide bonds. The van der Waals surface area contributed by atoms with Gasteiger partial charge in [0.05, 0.1) is 19.3 Å². The Morgan fingerprint density at radius 2 is 2.00 bits per heavy atom. The van der Waals surface area contributed by atoms with E-state index in [0.717, 1.165) is 0 Å². The molecule has 4 heteroatoms. The molecule has 4 unspecified atom stereocenters. The van der Waals surface area contributed by atoms with Gasteiger partial charge in [-0.25, -0.2) is 0 Å². The zero-order valence-electron chi connectivity index (χ0n) is 8.90. The highest BCUT2D eigenvalue weighted by molar-refractivity contribution is 4.89. The van der Waals surface area contributed by atoms with Crippen LogP contribution in [-0.4, -0.2) is 42.4 Å². The number of ether oxygens (including phenoxy) is 3. The number of aliphatic hydroxyl groups excluding tert-OH is 1. The second-order valence-electron chi connectivity index (χ2n) is 4.63. The summed E-state index contributed by atoms with van der Waals surface area (Å²) in [5.41, 5.74) is 0. The van der Waals surface area contributed by atoms with Gasteiger partial charge in [-0.15, -0.1) is 0 Å². The van der Waals surface area contributed by atoms with Gasteiger partial charge in [-0.05, 0) is 13.8 Å². The molecule has 0 radical (unpaired) electrons. The number of hydrogen-bond acceptors (Lipinski definition) is 4. The molecule has 0 aliphatic carbocycles. The lowest BCUT2D eigenvalue weighted by molar-refractivity contribution is -0.342. The van der Waals surface area contributed by atoms with Gasteiger partial charge in [-0.1, -0.05) is 6.92 Å². The van der Waals surface area contributed by atoms with Crippen molar-refractivity contribution >= 4 is 0 Å². The fraction of sp³-hybridized carbons (Fsp3) is 1.00. The van der Waals surface area contributed by atoms with E-state index in [1.807, 2.05) is 20.8 Å². The highest BCUT2D eigenvalue weighted by atomic mass is 16.7. The molecule has 2 fully saturated rings. The van der Waals surface area contributed by atoms with Crippen LogP contribution >= 0.6 is 0 Å². The minimum atomic E-state index is -0.609. The van der Waals surface area contributed by atoms with Crippen LogP contribution in [0.4, 0.5) is 0 Å². The van der Waals surface area contributed by atoms with Gasteiger partial charge in [-0.3, -0.25) is 0 Å². The lowest BCUT2D eigenvalue weighted by atomic mass is 9.93. The van der Waals surface area contributed by atoms with E-state index in [1.165, 1.54) is 0 Å². The molecule has 82 valence electrons. The maximum atomic E-state index is 9.94. The van der Waals surface area contributed by atoms with Crippen molar-refractivity contribution in [3.63, 3.8) is 0 Å². The van der Waals surface area contributed by atoms with Gasteiger partial charge in [-0.2, -0.15) is 0 Å². The number of hydrogen-bond donors (Lipinski definition) is 1. The van der Waals surface area contributed by atoms with Crippen LogP contribution in [-0.2, 0) is 14.2 Å². The van der Waals surface area contributed by atoms with E-state index in [4.69, 9.17) is 14.2 Å². The second-order valence-corrected chi connectivity index (χ2v) is 4.63. The fourth-order valence-corrected chi connectivity index (χ4v) is 1.95. The van der Waals surface area contributed by atoms with E-state index in [-0.39, 0.29) is 18.1 Å². The zero-order chi connectivity index (χ0) is 10.3. The molecule has 0 aromatic rings. The Hall–Kier alpha value is -0.160. The van der Waals surface area contributed by atoms with Crippen LogP contribution < -0.4 is 0 Å². The average Bonchev–Trinajstić information content (AvgIpc) is 2.11. The summed E-state index contributed by atoms with van der Waals surface area (Å²) in [5.74, 6) is -0.479. The molecule has 0 spiro atoms. The van der Waals surface area contributed by atoms with E-state index >= 15 is 0 Å². The molecule has 2 rings (SSSR count). The van der Waals surface area contributed by atoms with Crippen molar-refractivity contribution < 1.29 is 19.3 Å². The molecule has 14 heavy (non-hydrogen) atoms. The van der Waals surface area contributed by atoms with Crippen LogP contribution in [0.2, 0.25) is 0 Å². The van der Waals surface area contributed by atoms with E-state index in [0.29, 0.717) is 13.2 Å². The van der Waals surface area contributed by atoms with Crippen LogP contribution in [0.15, 0.2) is 0 Å². The standard InChI is InChI=1S/C10H18O4/c1-6-4-12-7-5-13-10(2,3)14-9(7)8(6)11/h6-9,11H,4-5H2,1-3H3. The first-order valence-corrected chi connectivity index (χ1v) is 5.11. The first kappa shape index (κ1) is 10.4. The molecule has 0 aromatic carbocycles. The topological polar surface area (TPSA) is 47.9 Å². The van der Waals surface area contributed by atoms with E-state index < -0.39 is 11.9 Å². The summed E-state index contributed by atoms with van der Waals surface area (Å²) in [7, 11) is 0. The highest BCUT2D eigenvalue weighted by Gasteiger charge is 2.45. The van der Waals surface area contributed by atoms with Gasteiger partial charge in [0.25, 0.3) is 0 Å². The third-order valence-corrected chi connectivity index (χ3v) is 2.87. The third-order valence-electron chi connectivity index (χ3n) is 2.87. The highest BCUT2D eigenvalue weighted by Crippen LogP contribution is 2.31. The van der Waals surface area contributed by atoms with Crippen molar-refractivity contribution in [2.24, 2.45) is 5.92 Å². The van der Waals surface area contributed by atoms with Crippen LogP contribution in [0.3, 0.4) is 0 Å². The largest absolute Gasteiger partial charge is 0.390 e. The summed E-state index contributed by atoms with van der Waals surface area (Å²) in [6, 6.07) is 0. The predicted octanol–water partition coefficient (Wildman–Crippen LogP) is 0.534. The van der Waals surface area contributed by atoms with Crippen LogP contribution in [0.1, 0.15) is 20.8 Å². The molecule has 0 bridgehead atoms. The van der Waals surface area contributed by atoms with Crippen molar-refractivity contribution in [1.82, 2.24) is 0 Å². The van der Waals surface area contributed by atoms with E-state index in [1.54, 1.807) is 0 Å². The van der Waals surface area contributed by atoms with Gasteiger partial charge < -0.3 is 19.3 Å². The van der Waals surface area contributed by atoms with Crippen molar-refractivity contribution in [3.05, 3.63) is 0 Å². The summed E-state index contributed by atoms with van der Waals surface area (Å²) >= 11 is 0. The number of aliphatic hydroxyl groups is 1. The van der Waals surface area contributed by atoms with Crippen molar-refractivity contribution in [1.29, 1.82) is 0 Å². The Kier molecular flexibility index (Phi) is 2.55. The van der Waals surface area contributed by atoms with Crippen LogP contribution in [0.5, 0.6) is 0 Å². The summed E-state index contributed by atoms with van der Waals surface area (Å²) in [6.07, 6.45) is -0.811. The lowest BCUT2D eigenvalue weighted by Crippen LogP contribution is -2.59. The molecule has 2 saturated heterocycles. The van der Waals surface area contributed by atoms with Gasteiger partial charge in [0.1, 0.15) is 12.2 Å². The minimum Gasteiger partial charge on any atom is -0.390 e. The molecular weight excluding hydrogens is 184 g/mol. The predicted molar refractivity (Wildman–Crippen MR) is 49.8 cm³/mol. The first-order chi connectivity index (χ1) is 6.49. The minimum absolute atomic E-state index is 0.116. The smallest absolute Gasteiger partial charge is 0.163 e. The molecule has 0 aromatic heterocycles. The van der Waals surface area contributed by atoms with E-state index in [9.17, 15) is 5.11 Å². The summed E-state index contributed by atoms with van der Waals surface area (Å²) < 4.78 is 16.7. The van der Waals surface area contributed by atoms with Crippen molar-refractivity contribution in [2.75, 3.05) is 13.2 Å². The Balaban J connectivity index is 2.08. The normalized spacial score (nSPS) is 47.1. The number of rotatable bonds is 0. The lowest BCUT2D eigenvalue weighted by Gasteiger charge is -2.46. The molecule has 2 aliphatic rings. The SMILES string of the molecule is CC1COC2COC(C)(C)OC2C1O. The molecular formula is C10H18O4. The molecule has 0 saturated carbocycles. The van der Waals surface area contributed by atoms with Gasteiger partial charge in [0.15, 0.2) is 5.79 Å². The van der Waals surface area contributed by atoms with Crippen molar-refractivity contribution in [2.45, 2.75) is 44.9 Å². The first-order valence-electron chi connectivity index (χ1n) is 5.11. The monoisotopic (exact) mass is 202 g/mol. The average molecular weight is 202 g/mol. The van der Waals surface area contributed by atoms with Crippen LogP contribution in [0.25, 0.3) is 0 Å². The summed E-state index contributed by atoms with van der Waals surface area (Å²) in [6.45, 7) is 6.76. The Morgan fingerprint density at radius 3 is 2.71 bits per heavy atom. The van der Waals surface area contributed by atoms with Gasteiger partial charge >= 0.3 is 0 Å². The maximum absolute atomic E-state index is 9.94. The van der Waals surface area contributed by atoms with Crippen LogP contribution in [0, 0.1) is 5.92 Å². The van der Waals surface area contributed by atoms with Gasteiger partial charge in [0.2, 0.25) is 0 Å². The van der Waals surface area contributed by atoms with Gasteiger partial charge in [0, 0.05) is 5.92 Å². The summed E-state index contributed by atoms with van der Waals surface area (Å²) in [5, 5.41) is 9.94. The van der Waals surface area contributed by atoms with Crippen molar-refractivity contribution in [3.8, 4) is 0 Å². The number of fused-ring (bicyclic) bond motifs is 1. The van der Waals surface area contributed by atoms with E-state index in [2.05, 4.69) is 0 Å². The molecule has 4 nitrogen and oxygen atoms in total.